The Balaban J connectivity index is 2.06. The van der Waals surface area contributed by atoms with Crippen molar-refractivity contribution in [2.24, 2.45) is 0 Å². The number of nitrogens with one attached hydrogen (secondary N) is 1. The lowest BCUT2D eigenvalue weighted by molar-refractivity contribution is 0.169. The number of allylic oxidation sites excluding steroid dienone is 1. The normalized spacial score (nSPS) is 17.2. The lowest BCUT2D eigenvalue weighted by Gasteiger charge is -2.23. The lowest BCUT2D eigenvalue weighted by atomic mass is 10.0. The van der Waals surface area contributed by atoms with E-state index in [1.807, 2.05) is 25.2 Å². The Kier molecular flexibility index (Phi) is 4.46. The van der Waals surface area contributed by atoms with Gasteiger partial charge in [-0.25, -0.2) is 0 Å². The zero-order valence-corrected chi connectivity index (χ0v) is 10.8. The molecule has 1 aromatic rings. The quantitative estimate of drug-likeness (QED) is 0.888. The van der Waals surface area contributed by atoms with Crippen LogP contribution in [-0.4, -0.2) is 19.7 Å². The molecule has 0 saturated heterocycles. The zero-order valence-electron chi connectivity index (χ0n) is 10.1. The highest BCUT2D eigenvalue weighted by atomic mass is 35.5. The molecule has 17 heavy (non-hydrogen) atoms. The minimum absolute atomic E-state index is 0.244. The second-order valence-corrected chi connectivity index (χ2v) is 4.71. The van der Waals surface area contributed by atoms with Gasteiger partial charge in [0.1, 0.15) is 5.76 Å². The highest BCUT2D eigenvalue weighted by Crippen LogP contribution is 2.18. The van der Waals surface area contributed by atoms with E-state index < -0.39 is 0 Å². The maximum atomic E-state index is 5.99. The van der Waals surface area contributed by atoms with Crippen molar-refractivity contribution in [3.8, 4) is 0 Å². The first-order chi connectivity index (χ1) is 8.29. The van der Waals surface area contributed by atoms with Crippen LogP contribution in [0, 0.1) is 0 Å². The Labute approximate surface area is 108 Å². The average molecular weight is 252 g/mol. The third-order valence-electron chi connectivity index (χ3n) is 2.98. The van der Waals surface area contributed by atoms with E-state index in [-0.39, 0.29) is 6.04 Å². The van der Waals surface area contributed by atoms with Gasteiger partial charge in [-0.3, -0.25) is 0 Å². The SMILES string of the molecule is CNC(Cc1cccc(Cl)c1)C1=CCCCO1. The molecule has 3 heteroatoms. The number of ether oxygens (including phenoxy) is 1. The number of halogens is 1. The molecule has 1 atom stereocenters. The van der Waals surface area contributed by atoms with Gasteiger partial charge in [0.05, 0.1) is 12.6 Å². The van der Waals surface area contributed by atoms with Crippen LogP contribution in [0.2, 0.25) is 5.02 Å². The van der Waals surface area contributed by atoms with E-state index in [0.717, 1.165) is 36.7 Å². The Bertz CT molecular complexity index is 403. The van der Waals surface area contributed by atoms with Crippen molar-refractivity contribution in [2.75, 3.05) is 13.7 Å². The molecule has 1 aliphatic heterocycles. The third kappa shape index (κ3) is 3.48. The summed E-state index contributed by atoms with van der Waals surface area (Å²) >= 11 is 5.99. The first-order valence-corrected chi connectivity index (χ1v) is 6.42. The minimum Gasteiger partial charge on any atom is -0.497 e. The van der Waals surface area contributed by atoms with Crippen LogP contribution in [0.5, 0.6) is 0 Å². The monoisotopic (exact) mass is 251 g/mol. The van der Waals surface area contributed by atoms with Crippen LogP contribution in [0.15, 0.2) is 36.1 Å². The summed E-state index contributed by atoms with van der Waals surface area (Å²) in [6.07, 6.45) is 5.33. The molecule has 92 valence electrons. The van der Waals surface area contributed by atoms with Crippen LogP contribution in [0.4, 0.5) is 0 Å². The number of hydrogen-bond donors (Lipinski definition) is 1. The Morgan fingerprint density at radius 2 is 2.35 bits per heavy atom. The second-order valence-electron chi connectivity index (χ2n) is 4.27. The van der Waals surface area contributed by atoms with Crippen molar-refractivity contribution in [2.45, 2.75) is 25.3 Å². The first-order valence-electron chi connectivity index (χ1n) is 6.04. The maximum absolute atomic E-state index is 5.99. The summed E-state index contributed by atoms with van der Waals surface area (Å²) < 4.78 is 5.70. The Morgan fingerprint density at radius 1 is 1.47 bits per heavy atom. The van der Waals surface area contributed by atoms with Crippen molar-refractivity contribution < 1.29 is 4.74 Å². The van der Waals surface area contributed by atoms with E-state index in [9.17, 15) is 0 Å². The minimum atomic E-state index is 0.244. The molecule has 0 spiro atoms. The van der Waals surface area contributed by atoms with Crippen LogP contribution in [-0.2, 0) is 11.2 Å². The van der Waals surface area contributed by atoms with E-state index in [1.165, 1.54) is 5.56 Å². The van der Waals surface area contributed by atoms with Gasteiger partial charge in [0, 0.05) is 5.02 Å². The predicted octanol–water partition coefficient (Wildman–Crippen LogP) is 3.16. The molecule has 1 unspecified atom stereocenters. The van der Waals surface area contributed by atoms with Gasteiger partial charge >= 0.3 is 0 Å². The van der Waals surface area contributed by atoms with Gasteiger partial charge in [0.25, 0.3) is 0 Å². The van der Waals surface area contributed by atoms with Gasteiger partial charge in [-0.15, -0.1) is 0 Å². The van der Waals surface area contributed by atoms with Crippen LogP contribution in [0.3, 0.4) is 0 Å². The molecule has 0 saturated carbocycles. The molecular formula is C14H18ClNO. The van der Waals surface area contributed by atoms with E-state index in [1.54, 1.807) is 0 Å². The van der Waals surface area contributed by atoms with Crippen LogP contribution in [0.25, 0.3) is 0 Å². The predicted molar refractivity (Wildman–Crippen MR) is 71.3 cm³/mol. The molecule has 1 aliphatic rings. The molecule has 0 radical (unpaired) electrons. The summed E-state index contributed by atoms with van der Waals surface area (Å²) in [6, 6.07) is 8.24. The Hall–Kier alpha value is -0.990. The fourth-order valence-corrected chi connectivity index (χ4v) is 2.28. The summed E-state index contributed by atoms with van der Waals surface area (Å²) in [6.45, 7) is 0.833. The molecule has 0 bridgehead atoms. The van der Waals surface area contributed by atoms with Gasteiger partial charge < -0.3 is 10.1 Å². The largest absolute Gasteiger partial charge is 0.497 e. The highest BCUT2D eigenvalue weighted by molar-refractivity contribution is 6.30. The second kappa shape index (κ2) is 6.08. The summed E-state index contributed by atoms with van der Waals surface area (Å²) in [7, 11) is 1.97. The standard InChI is InChI=1S/C14H18ClNO/c1-16-13(14-7-2-3-8-17-14)10-11-5-4-6-12(15)9-11/h4-7,9,13,16H,2-3,8,10H2,1H3. The first kappa shape index (κ1) is 12.5. The van der Waals surface area contributed by atoms with E-state index in [0.29, 0.717) is 0 Å². The molecular weight excluding hydrogens is 234 g/mol. The summed E-state index contributed by atoms with van der Waals surface area (Å²) in [5, 5.41) is 4.09. The van der Waals surface area contributed by atoms with Gasteiger partial charge in [-0.1, -0.05) is 23.7 Å². The molecule has 1 N–H and O–H groups in total. The van der Waals surface area contributed by atoms with Gasteiger partial charge in [-0.05, 0) is 50.1 Å². The van der Waals surface area contributed by atoms with E-state index in [2.05, 4.69) is 17.5 Å². The van der Waals surface area contributed by atoms with Crippen molar-refractivity contribution >= 4 is 11.6 Å². The van der Waals surface area contributed by atoms with Gasteiger partial charge in [0.2, 0.25) is 0 Å². The number of hydrogen-bond acceptors (Lipinski definition) is 2. The smallest absolute Gasteiger partial charge is 0.109 e. The van der Waals surface area contributed by atoms with Gasteiger partial charge in [0.15, 0.2) is 0 Å². The number of likely N-dealkylation sites (N-methyl/N-ethyl adjacent to an activating group) is 1. The van der Waals surface area contributed by atoms with Crippen molar-refractivity contribution in [1.82, 2.24) is 5.32 Å². The van der Waals surface area contributed by atoms with Crippen molar-refractivity contribution in [3.63, 3.8) is 0 Å². The molecule has 0 amide bonds. The Morgan fingerprint density at radius 3 is 3.00 bits per heavy atom. The molecule has 1 heterocycles. The summed E-state index contributed by atoms with van der Waals surface area (Å²) in [5.41, 5.74) is 1.23. The van der Waals surface area contributed by atoms with Crippen molar-refractivity contribution in [3.05, 3.63) is 46.7 Å². The van der Waals surface area contributed by atoms with Crippen LogP contribution >= 0.6 is 11.6 Å². The summed E-state index contributed by atoms with van der Waals surface area (Å²) in [4.78, 5) is 0. The maximum Gasteiger partial charge on any atom is 0.109 e. The van der Waals surface area contributed by atoms with E-state index in [4.69, 9.17) is 16.3 Å². The fourth-order valence-electron chi connectivity index (χ4n) is 2.06. The van der Waals surface area contributed by atoms with E-state index >= 15 is 0 Å². The summed E-state index contributed by atoms with van der Waals surface area (Å²) in [5.74, 6) is 1.07. The topological polar surface area (TPSA) is 21.3 Å². The van der Waals surface area contributed by atoms with Crippen LogP contribution in [0.1, 0.15) is 18.4 Å². The van der Waals surface area contributed by atoms with Crippen LogP contribution < -0.4 is 5.32 Å². The fraction of sp³-hybridized carbons (Fsp3) is 0.429. The third-order valence-corrected chi connectivity index (χ3v) is 3.22. The molecule has 2 nitrogen and oxygen atoms in total. The van der Waals surface area contributed by atoms with Gasteiger partial charge in [-0.2, -0.15) is 0 Å². The number of benzene rings is 1. The van der Waals surface area contributed by atoms with Crippen molar-refractivity contribution in [1.29, 1.82) is 0 Å². The number of rotatable bonds is 4. The molecule has 2 rings (SSSR count). The lowest BCUT2D eigenvalue weighted by Crippen LogP contribution is -2.32. The zero-order chi connectivity index (χ0) is 12.1. The molecule has 0 fully saturated rings. The average Bonchev–Trinajstić information content (AvgIpc) is 2.37. The molecule has 0 aliphatic carbocycles. The molecule has 1 aromatic carbocycles. The highest BCUT2D eigenvalue weighted by Gasteiger charge is 2.16. The molecule has 0 aromatic heterocycles.